The molecule has 0 bridgehead atoms. The van der Waals surface area contributed by atoms with Crippen molar-refractivity contribution in [1.82, 2.24) is 10.2 Å². The van der Waals surface area contributed by atoms with Crippen molar-refractivity contribution in [2.45, 2.75) is 31.7 Å². The summed E-state index contributed by atoms with van der Waals surface area (Å²) in [4.78, 5) is 16.0. The average molecular weight is 376 g/mol. The summed E-state index contributed by atoms with van der Waals surface area (Å²) in [5.74, 6) is 0.00705. The van der Waals surface area contributed by atoms with Gasteiger partial charge in [-0.25, -0.2) is 4.39 Å². The van der Waals surface area contributed by atoms with Crippen molar-refractivity contribution in [3.63, 3.8) is 0 Å². The number of nitrogens with zero attached hydrogens (tertiary/aromatic N) is 1. The maximum atomic E-state index is 12.9. The van der Waals surface area contributed by atoms with E-state index in [0.29, 0.717) is 12.3 Å². The minimum Gasteiger partial charge on any atom is -0.484 e. The van der Waals surface area contributed by atoms with E-state index < -0.39 is 0 Å². The van der Waals surface area contributed by atoms with E-state index in [-0.39, 0.29) is 24.4 Å². The van der Waals surface area contributed by atoms with Crippen LogP contribution in [0.5, 0.6) is 5.75 Å². The SMILES string of the molecule is O=C(COc1ccc(F)cc1)NCC(c1cccs1)N1CCCCCC1. The summed E-state index contributed by atoms with van der Waals surface area (Å²) in [7, 11) is 0. The number of benzene rings is 1. The second-order valence-corrected chi connectivity index (χ2v) is 7.51. The van der Waals surface area contributed by atoms with E-state index in [1.54, 1.807) is 11.3 Å². The molecule has 1 aromatic heterocycles. The molecule has 1 unspecified atom stereocenters. The molecule has 2 aromatic rings. The fourth-order valence-electron chi connectivity index (χ4n) is 3.24. The Morgan fingerprint density at radius 2 is 1.88 bits per heavy atom. The van der Waals surface area contributed by atoms with Crippen molar-refractivity contribution in [1.29, 1.82) is 0 Å². The summed E-state index contributed by atoms with van der Waals surface area (Å²) in [5.41, 5.74) is 0. The van der Waals surface area contributed by atoms with Crippen molar-refractivity contribution < 1.29 is 13.9 Å². The largest absolute Gasteiger partial charge is 0.484 e. The molecule has 3 rings (SSSR count). The van der Waals surface area contributed by atoms with Gasteiger partial charge >= 0.3 is 0 Å². The fraction of sp³-hybridized carbons (Fsp3) is 0.450. The smallest absolute Gasteiger partial charge is 0.258 e. The topological polar surface area (TPSA) is 41.6 Å². The highest BCUT2D eigenvalue weighted by atomic mass is 32.1. The molecule has 0 spiro atoms. The lowest BCUT2D eigenvalue weighted by atomic mass is 10.2. The molecule has 1 amide bonds. The average Bonchev–Trinajstić information content (AvgIpc) is 3.04. The number of amides is 1. The summed E-state index contributed by atoms with van der Waals surface area (Å²) in [6, 6.07) is 10.1. The lowest BCUT2D eigenvalue weighted by Gasteiger charge is -2.30. The quantitative estimate of drug-likeness (QED) is 0.794. The number of carbonyl (C=O) groups excluding carboxylic acids is 1. The first kappa shape index (κ1) is 18.9. The van der Waals surface area contributed by atoms with E-state index in [1.807, 2.05) is 0 Å². The van der Waals surface area contributed by atoms with Gasteiger partial charge in [-0.05, 0) is 61.6 Å². The molecule has 1 atom stereocenters. The molecule has 1 fully saturated rings. The number of halogens is 1. The van der Waals surface area contributed by atoms with Crippen molar-refractivity contribution in [3.05, 3.63) is 52.5 Å². The van der Waals surface area contributed by atoms with Gasteiger partial charge in [0.15, 0.2) is 6.61 Å². The van der Waals surface area contributed by atoms with Gasteiger partial charge in [0.05, 0.1) is 6.04 Å². The first-order valence-electron chi connectivity index (χ1n) is 9.15. The van der Waals surface area contributed by atoms with Gasteiger partial charge in [0.2, 0.25) is 0 Å². The number of likely N-dealkylation sites (tertiary alicyclic amines) is 1. The minimum atomic E-state index is -0.321. The van der Waals surface area contributed by atoms with Crippen LogP contribution >= 0.6 is 11.3 Å². The van der Waals surface area contributed by atoms with Gasteiger partial charge < -0.3 is 10.1 Å². The molecule has 0 aliphatic carbocycles. The van der Waals surface area contributed by atoms with E-state index in [2.05, 4.69) is 27.7 Å². The molecule has 2 heterocycles. The molecule has 4 nitrogen and oxygen atoms in total. The second kappa shape index (κ2) is 9.69. The second-order valence-electron chi connectivity index (χ2n) is 6.53. The minimum absolute atomic E-state index is 0.0667. The van der Waals surface area contributed by atoms with Crippen LogP contribution in [0.1, 0.15) is 36.6 Å². The monoisotopic (exact) mass is 376 g/mol. The Morgan fingerprint density at radius 3 is 2.54 bits per heavy atom. The number of hydrogen-bond acceptors (Lipinski definition) is 4. The van der Waals surface area contributed by atoms with Gasteiger partial charge in [0.1, 0.15) is 11.6 Å². The van der Waals surface area contributed by atoms with Crippen LogP contribution in [-0.2, 0) is 4.79 Å². The van der Waals surface area contributed by atoms with Crippen molar-refractivity contribution >= 4 is 17.2 Å². The molecule has 1 aromatic carbocycles. The van der Waals surface area contributed by atoms with Crippen LogP contribution in [0.3, 0.4) is 0 Å². The van der Waals surface area contributed by atoms with Gasteiger partial charge in [-0.3, -0.25) is 9.69 Å². The third-order valence-corrected chi connectivity index (χ3v) is 5.60. The Kier molecular flexibility index (Phi) is 7.03. The predicted octanol–water partition coefficient (Wildman–Crippen LogP) is 4.00. The molecule has 1 aliphatic rings. The number of nitrogens with one attached hydrogen (secondary N) is 1. The molecule has 0 radical (unpaired) electrons. The van der Waals surface area contributed by atoms with Crippen molar-refractivity contribution in [2.24, 2.45) is 0 Å². The summed E-state index contributed by atoms with van der Waals surface area (Å²) < 4.78 is 18.3. The summed E-state index contributed by atoms with van der Waals surface area (Å²) >= 11 is 1.73. The Labute approximate surface area is 158 Å². The maximum Gasteiger partial charge on any atom is 0.258 e. The normalized spacial score (nSPS) is 16.7. The number of hydrogen-bond donors (Lipinski definition) is 1. The number of rotatable bonds is 7. The highest BCUT2D eigenvalue weighted by molar-refractivity contribution is 7.10. The van der Waals surface area contributed by atoms with Gasteiger partial charge in [-0.1, -0.05) is 18.9 Å². The van der Waals surface area contributed by atoms with Crippen LogP contribution in [0.15, 0.2) is 41.8 Å². The van der Waals surface area contributed by atoms with E-state index in [1.165, 1.54) is 54.8 Å². The van der Waals surface area contributed by atoms with E-state index in [9.17, 15) is 9.18 Å². The lowest BCUT2D eigenvalue weighted by molar-refractivity contribution is -0.123. The number of ether oxygens (including phenoxy) is 1. The standard InChI is InChI=1S/C20H25FN2O2S/c21-16-7-9-17(10-8-16)25-15-20(24)22-14-18(19-6-5-13-26-19)23-11-3-1-2-4-12-23/h5-10,13,18H,1-4,11-12,14-15H2,(H,22,24). The van der Waals surface area contributed by atoms with Crippen LogP contribution in [-0.4, -0.2) is 37.0 Å². The molecular formula is C20H25FN2O2S. The first-order chi connectivity index (χ1) is 12.7. The Hall–Kier alpha value is -1.92. The molecule has 1 N–H and O–H groups in total. The third-order valence-electron chi connectivity index (χ3n) is 4.63. The predicted molar refractivity (Wildman–Crippen MR) is 102 cm³/mol. The lowest BCUT2D eigenvalue weighted by Crippen LogP contribution is -2.39. The summed E-state index contributed by atoms with van der Waals surface area (Å²) in [6.07, 6.45) is 4.99. The van der Waals surface area contributed by atoms with Crippen LogP contribution in [0.25, 0.3) is 0 Å². The van der Waals surface area contributed by atoms with Gasteiger partial charge in [0, 0.05) is 11.4 Å². The van der Waals surface area contributed by atoms with Gasteiger partial charge in [0.25, 0.3) is 5.91 Å². The first-order valence-corrected chi connectivity index (χ1v) is 10.0. The molecule has 1 aliphatic heterocycles. The third kappa shape index (κ3) is 5.54. The zero-order valence-electron chi connectivity index (χ0n) is 14.8. The zero-order chi connectivity index (χ0) is 18.2. The van der Waals surface area contributed by atoms with Crippen LogP contribution in [0, 0.1) is 5.82 Å². The van der Waals surface area contributed by atoms with Crippen LogP contribution in [0.4, 0.5) is 4.39 Å². The van der Waals surface area contributed by atoms with E-state index in [0.717, 1.165) is 13.1 Å². The van der Waals surface area contributed by atoms with Crippen molar-refractivity contribution in [2.75, 3.05) is 26.2 Å². The molecule has 26 heavy (non-hydrogen) atoms. The van der Waals surface area contributed by atoms with Crippen LogP contribution in [0.2, 0.25) is 0 Å². The molecule has 140 valence electrons. The fourth-order valence-corrected chi connectivity index (χ4v) is 4.10. The van der Waals surface area contributed by atoms with E-state index >= 15 is 0 Å². The van der Waals surface area contributed by atoms with Gasteiger partial charge in [-0.2, -0.15) is 0 Å². The zero-order valence-corrected chi connectivity index (χ0v) is 15.6. The van der Waals surface area contributed by atoms with Gasteiger partial charge in [-0.15, -0.1) is 11.3 Å². The highest BCUT2D eigenvalue weighted by Crippen LogP contribution is 2.27. The Morgan fingerprint density at radius 1 is 1.15 bits per heavy atom. The molecule has 1 saturated heterocycles. The van der Waals surface area contributed by atoms with Crippen molar-refractivity contribution in [3.8, 4) is 5.75 Å². The Balaban J connectivity index is 1.53. The number of thiophene rings is 1. The molecule has 6 heteroatoms. The van der Waals surface area contributed by atoms with E-state index in [4.69, 9.17) is 4.74 Å². The summed E-state index contributed by atoms with van der Waals surface area (Å²) in [6.45, 7) is 2.66. The highest BCUT2D eigenvalue weighted by Gasteiger charge is 2.23. The number of carbonyl (C=O) groups is 1. The molecule has 0 saturated carbocycles. The Bertz CT molecular complexity index is 668. The maximum absolute atomic E-state index is 12.9. The molecular weight excluding hydrogens is 351 g/mol. The van der Waals surface area contributed by atoms with Crippen LogP contribution < -0.4 is 10.1 Å². The summed E-state index contributed by atoms with van der Waals surface area (Å²) in [5, 5.41) is 5.08.